The molecule has 2 heterocycles. The molecule has 1 atom stereocenters. The van der Waals surface area contributed by atoms with Crippen molar-refractivity contribution in [3.63, 3.8) is 0 Å². The first-order chi connectivity index (χ1) is 7.33. The Morgan fingerprint density at radius 2 is 2.20 bits per heavy atom. The highest BCUT2D eigenvalue weighted by atomic mass is 16.6. The number of rotatable bonds is 1. The molecule has 2 aromatic rings. The molecule has 1 aromatic heterocycles. The standard InChI is InChI=1S/C11H10N2O2/c14-11-13-10(6-15-11)9-5-7-3-1-2-4-8(7)12-9/h1-5,10,12H,6H2,(H,13,14). The van der Waals surface area contributed by atoms with Crippen LogP contribution in [0.3, 0.4) is 0 Å². The molecule has 1 amide bonds. The molecule has 1 aromatic carbocycles. The third-order valence-electron chi connectivity index (χ3n) is 2.60. The largest absolute Gasteiger partial charge is 0.447 e. The van der Waals surface area contributed by atoms with Gasteiger partial charge in [-0.3, -0.25) is 0 Å². The molecular formula is C11H10N2O2. The van der Waals surface area contributed by atoms with Gasteiger partial charge in [-0.25, -0.2) is 4.79 Å². The lowest BCUT2D eigenvalue weighted by Crippen LogP contribution is -2.18. The zero-order chi connectivity index (χ0) is 10.3. The predicted octanol–water partition coefficient (Wildman–Crippen LogP) is 1.95. The number of aromatic amines is 1. The van der Waals surface area contributed by atoms with E-state index in [-0.39, 0.29) is 12.1 Å². The number of benzene rings is 1. The molecule has 2 N–H and O–H groups in total. The Morgan fingerprint density at radius 1 is 1.33 bits per heavy atom. The minimum atomic E-state index is -0.348. The SMILES string of the molecule is O=C1NC(c2cc3ccccc3[nH]2)CO1. The van der Waals surface area contributed by atoms with Gasteiger partial charge >= 0.3 is 6.09 Å². The predicted molar refractivity (Wildman–Crippen MR) is 55.5 cm³/mol. The fraction of sp³-hybridized carbons (Fsp3) is 0.182. The van der Waals surface area contributed by atoms with Crippen molar-refractivity contribution in [2.75, 3.05) is 6.61 Å². The average molecular weight is 202 g/mol. The molecule has 15 heavy (non-hydrogen) atoms. The summed E-state index contributed by atoms with van der Waals surface area (Å²) in [5.41, 5.74) is 2.07. The van der Waals surface area contributed by atoms with Crippen LogP contribution in [0.4, 0.5) is 4.79 Å². The number of amides is 1. The molecule has 0 radical (unpaired) electrons. The van der Waals surface area contributed by atoms with Crippen LogP contribution in [0.5, 0.6) is 0 Å². The first-order valence-corrected chi connectivity index (χ1v) is 4.84. The van der Waals surface area contributed by atoms with Crippen LogP contribution in [0.25, 0.3) is 10.9 Å². The number of carbonyl (C=O) groups excluding carboxylic acids is 1. The molecule has 0 spiro atoms. The summed E-state index contributed by atoms with van der Waals surface area (Å²) in [5, 5.41) is 3.89. The van der Waals surface area contributed by atoms with Gasteiger partial charge in [0.25, 0.3) is 0 Å². The van der Waals surface area contributed by atoms with Gasteiger partial charge in [-0.15, -0.1) is 0 Å². The second-order valence-electron chi connectivity index (χ2n) is 3.61. The summed E-state index contributed by atoms with van der Waals surface area (Å²) in [6, 6.07) is 10.00. The van der Waals surface area contributed by atoms with Gasteiger partial charge in [0, 0.05) is 11.2 Å². The van der Waals surface area contributed by atoms with Gasteiger partial charge in [0.2, 0.25) is 0 Å². The highest BCUT2D eigenvalue weighted by molar-refractivity contribution is 5.80. The molecule has 0 aliphatic carbocycles. The minimum Gasteiger partial charge on any atom is -0.447 e. The van der Waals surface area contributed by atoms with Crippen LogP contribution >= 0.6 is 0 Å². The molecule has 3 rings (SSSR count). The molecule has 1 aliphatic rings. The Bertz CT molecular complexity index is 485. The number of nitrogens with one attached hydrogen (secondary N) is 2. The van der Waals surface area contributed by atoms with Crippen molar-refractivity contribution >= 4 is 17.0 Å². The minimum absolute atomic E-state index is 0.0510. The summed E-state index contributed by atoms with van der Waals surface area (Å²) < 4.78 is 4.85. The zero-order valence-electron chi connectivity index (χ0n) is 7.99. The number of aromatic nitrogens is 1. The summed E-state index contributed by atoms with van der Waals surface area (Å²) in [6.45, 7) is 0.394. The average Bonchev–Trinajstić information content (AvgIpc) is 2.82. The molecule has 1 aliphatic heterocycles. The summed E-state index contributed by atoms with van der Waals surface area (Å²) >= 11 is 0. The van der Waals surface area contributed by atoms with Crippen LogP contribution in [0.2, 0.25) is 0 Å². The maximum Gasteiger partial charge on any atom is 0.407 e. The molecule has 76 valence electrons. The van der Waals surface area contributed by atoms with Gasteiger partial charge in [-0.05, 0) is 17.5 Å². The maximum absolute atomic E-state index is 10.9. The summed E-state index contributed by atoms with van der Waals surface area (Å²) in [5.74, 6) is 0. The first-order valence-electron chi connectivity index (χ1n) is 4.84. The number of hydrogen-bond acceptors (Lipinski definition) is 2. The Balaban J connectivity index is 2.01. The van der Waals surface area contributed by atoms with Crippen molar-refractivity contribution in [1.82, 2.24) is 10.3 Å². The highest BCUT2D eigenvalue weighted by Gasteiger charge is 2.24. The maximum atomic E-state index is 10.9. The molecule has 4 heteroatoms. The summed E-state index contributed by atoms with van der Waals surface area (Å²) in [6.07, 6.45) is -0.348. The van der Waals surface area contributed by atoms with Crippen LogP contribution in [0.1, 0.15) is 11.7 Å². The van der Waals surface area contributed by atoms with Crippen molar-refractivity contribution in [3.8, 4) is 0 Å². The Labute approximate surface area is 86.2 Å². The van der Waals surface area contributed by atoms with Crippen molar-refractivity contribution in [1.29, 1.82) is 0 Å². The van der Waals surface area contributed by atoms with Crippen LogP contribution in [0.15, 0.2) is 30.3 Å². The van der Waals surface area contributed by atoms with Crippen LogP contribution in [-0.4, -0.2) is 17.7 Å². The second-order valence-corrected chi connectivity index (χ2v) is 3.61. The van der Waals surface area contributed by atoms with E-state index in [1.54, 1.807) is 0 Å². The van der Waals surface area contributed by atoms with Crippen molar-refractivity contribution in [2.24, 2.45) is 0 Å². The zero-order valence-corrected chi connectivity index (χ0v) is 7.99. The van der Waals surface area contributed by atoms with Gasteiger partial charge in [0.15, 0.2) is 0 Å². The summed E-state index contributed by atoms with van der Waals surface area (Å²) in [4.78, 5) is 14.2. The van der Waals surface area contributed by atoms with E-state index in [0.717, 1.165) is 16.6 Å². The van der Waals surface area contributed by atoms with E-state index in [9.17, 15) is 4.79 Å². The second kappa shape index (κ2) is 3.02. The first kappa shape index (κ1) is 8.35. The number of H-pyrrole nitrogens is 1. The van der Waals surface area contributed by atoms with Gasteiger partial charge in [-0.2, -0.15) is 0 Å². The number of fused-ring (bicyclic) bond motifs is 1. The van der Waals surface area contributed by atoms with E-state index in [1.165, 1.54) is 0 Å². The van der Waals surface area contributed by atoms with E-state index >= 15 is 0 Å². The Hall–Kier alpha value is -1.97. The normalized spacial score (nSPS) is 20.3. The van der Waals surface area contributed by atoms with Gasteiger partial charge < -0.3 is 15.0 Å². The van der Waals surface area contributed by atoms with Crippen LogP contribution < -0.4 is 5.32 Å². The number of hydrogen-bond donors (Lipinski definition) is 2. The van der Waals surface area contributed by atoms with Crippen molar-refractivity contribution in [2.45, 2.75) is 6.04 Å². The smallest absolute Gasteiger partial charge is 0.407 e. The Kier molecular flexibility index (Phi) is 1.68. The van der Waals surface area contributed by atoms with Crippen molar-refractivity contribution in [3.05, 3.63) is 36.0 Å². The molecular weight excluding hydrogens is 192 g/mol. The van der Waals surface area contributed by atoms with Crippen molar-refractivity contribution < 1.29 is 9.53 Å². The van der Waals surface area contributed by atoms with E-state index < -0.39 is 0 Å². The quantitative estimate of drug-likeness (QED) is 0.742. The monoisotopic (exact) mass is 202 g/mol. The molecule has 0 bridgehead atoms. The van der Waals surface area contributed by atoms with E-state index in [1.807, 2.05) is 30.3 Å². The summed E-state index contributed by atoms with van der Waals surface area (Å²) in [7, 11) is 0. The number of carbonyl (C=O) groups is 1. The third-order valence-corrected chi connectivity index (χ3v) is 2.60. The number of cyclic esters (lactones) is 1. The third kappa shape index (κ3) is 1.34. The highest BCUT2D eigenvalue weighted by Crippen LogP contribution is 2.22. The van der Waals surface area contributed by atoms with E-state index in [4.69, 9.17) is 4.74 Å². The molecule has 4 nitrogen and oxygen atoms in total. The molecule has 1 fully saturated rings. The molecule has 1 unspecified atom stereocenters. The molecule has 1 saturated heterocycles. The van der Waals surface area contributed by atoms with E-state index in [0.29, 0.717) is 6.61 Å². The van der Waals surface area contributed by atoms with E-state index in [2.05, 4.69) is 10.3 Å². The number of ether oxygens (including phenoxy) is 1. The van der Waals surface area contributed by atoms with Gasteiger partial charge in [0.1, 0.15) is 12.6 Å². The lowest BCUT2D eigenvalue weighted by molar-refractivity contribution is 0.177. The topological polar surface area (TPSA) is 54.1 Å². The number of para-hydroxylation sites is 1. The van der Waals surface area contributed by atoms with Crippen LogP contribution in [-0.2, 0) is 4.74 Å². The van der Waals surface area contributed by atoms with Gasteiger partial charge in [-0.1, -0.05) is 18.2 Å². The lowest BCUT2D eigenvalue weighted by atomic mass is 10.2. The van der Waals surface area contributed by atoms with Gasteiger partial charge in [0.05, 0.1) is 0 Å². The Morgan fingerprint density at radius 3 is 2.93 bits per heavy atom. The lowest BCUT2D eigenvalue weighted by Gasteiger charge is -2.02. The number of alkyl carbamates (subject to hydrolysis) is 1. The fourth-order valence-electron chi connectivity index (χ4n) is 1.84. The fourth-order valence-corrected chi connectivity index (χ4v) is 1.84. The molecule has 0 saturated carbocycles. The van der Waals surface area contributed by atoms with Crippen LogP contribution in [0, 0.1) is 0 Å².